The number of aryl methyl sites for hydroxylation is 3. The molecule has 6 heteroatoms. The molecular formula is C22H26N4O2. The highest BCUT2D eigenvalue weighted by Gasteiger charge is 2.43. The summed E-state index contributed by atoms with van der Waals surface area (Å²) >= 11 is 0. The van der Waals surface area contributed by atoms with Gasteiger partial charge in [-0.05, 0) is 69.7 Å². The summed E-state index contributed by atoms with van der Waals surface area (Å²) in [6, 6.07) is 6.36. The van der Waals surface area contributed by atoms with Crippen LogP contribution in [0.15, 0.2) is 30.6 Å². The summed E-state index contributed by atoms with van der Waals surface area (Å²) in [4.78, 5) is 35.9. The predicted octanol–water partition coefficient (Wildman–Crippen LogP) is 2.97. The second kappa shape index (κ2) is 7.34. The summed E-state index contributed by atoms with van der Waals surface area (Å²) < 4.78 is 0. The van der Waals surface area contributed by atoms with E-state index in [0.29, 0.717) is 5.69 Å². The van der Waals surface area contributed by atoms with Crippen molar-refractivity contribution in [1.29, 1.82) is 0 Å². The van der Waals surface area contributed by atoms with Crippen molar-refractivity contribution in [1.82, 2.24) is 20.2 Å². The molecule has 1 N–H and O–H groups in total. The lowest BCUT2D eigenvalue weighted by molar-refractivity contribution is 0.0549. The van der Waals surface area contributed by atoms with Gasteiger partial charge in [-0.15, -0.1) is 0 Å². The van der Waals surface area contributed by atoms with E-state index in [4.69, 9.17) is 0 Å². The van der Waals surface area contributed by atoms with E-state index in [0.717, 1.165) is 42.5 Å². The van der Waals surface area contributed by atoms with Gasteiger partial charge in [0.2, 0.25) is 0 Å². The van der Waals surface area contributed by atoms with Crippen LogP contribution in [0.25, 0.3) is 0 Å². The summed E-state index contributed by atoms with van der Waals surface area (Å²) in [5.41, 5.74) is 4.22. The summed E-state index contributed by atoms with van der Waals surface area (Å²) in [5, 5.41) is 3.09. The maximum Gasteiger partial charge on any atom is 0.271 e. The average Bonchev–Trinajstić information content (AvgIpc) is 2.94. The van der Waals surface area contributed by atoms with Crippen molar-refractivity contribution in [3.63, 3.8) is 0 Å². The average molecular weight is 378 g/mol. The molecule has 2 aliphatic heterocycles. The van der Waals surface area contributed by atoms with E-state index in [2.05, 4.69) is 27.1 Å². The molecule has 4 rings (SSSR count). The van der Waals surface area contributed by atoms with Crippen LogP contribution < -0.4 is 5.32 Å². The minimum atomic E-state index is -0.189. The molecule has 0 radical (unpaired) electrons. The van der Waals surface area contributed by atoms with Gasteiger partial charge in [0.05, 0.1) is 11.9 Å². The summed E-state index contributed by atoms with van der Waals surface area (Å²) in [6.07, 6.45) is 6.69. The van der Waals surface area contributed by atoms with Gasteiger partial charge in [-0.2, -0.15) is 0 Å². The number of amides is 2. The van der Waals surface area contributed by atoms with Crippen LogP contribution in [0.5, 0.6) is 0 Å². The minimum Gasteiger partial charge on any atom is -0.348 e. The highest BCUT2D eigenvalue weighted by molar-refractivity contribution is 5.95. The number of carbonyl (C=O) groups excluding carboxylic acids is 2. The normalized spacial score (nSPS) is 23.5. The number of hydrogen-bond donors (Lipinski definition) is 1. The zero-order valence-electron chi connectivity index (χ0n) is 16.6. The largest absolute Gasteiger partial charge is 0.348 e. The molecule has 2 aromatic rings. The molecule has 2 aliphatic rings. The molecule has 2 saturated heterocycles. The molecule has 0 spiro atoms. The lowest BCUT2D eigenvalue weighted by atomic mass is 9.95. The molecule has 2 atom stereocenters. The lowest BCUT2D eigenvalue weighted by Gasteiger charge is -2.39. The number of rotatable bonds is 3. The third-order valence-corrected chi connectivity index (χ3v) is 6.07. The Labute approximate surface area is 165 Å². The molecule has 1 aromatic heterocycles. The Hall–Kier alpha value is -2.76. The van der Waals surface area contributed by atoms with Crippen molar-refractivity contribution in [2.45, 2.75) is 64.6 Å². The van der Waals surface area contributed by atoms with E-state index in [-0.39, 0.29) is 29.9 Å². The van der Waals surface area contributed by atoms with Crippen molar-refractivity contribution in [3.8, 4) is 0 Å². The molecule has 2 fully saturated rings. The molecule has 2 bridgehead atoms. The van der Waals surface area contributed by atoms with Crippen molar-refractivity contribution in [3.05, 3.63) is 58.7 Å². The number of nitrogens with zero attached hydrogens (tertiary/aromatic N) is 3. The zero-order chi connectivity index (χ0) is 19.8. The Balaban J connectivity index is 1.44. The van der Waals surface area contributed by atoms with Crippen LogP contribution in [-0.2, 0) is 0 Å². The van der Waals surface area contributed by atoms with Gasteiger partial charge in [-0.25, -0.2) is 4.98 Å². The monoisotopic (exact) mass is 378 g/mol. The molecule has 2 amide bonds. The Morgan fingerprint density at radius 1 is 1.00 bits per heavy atom. The smallest absolute Gasteiger partial charge is 0.271 e. The van der Waals surface area contributed by atoms with Gasteiger partial charge in [-0.1, -0.05) is 6.07 Å². The first-order valence-corrected chi connectivity index (χ1v) is 9.92. The number of piperidine rings is 1. The third kappa shape index (κ3) is 3.51. The SMILES string of the molecule is Cc1cnc(C(=O)NC2CC3CCC(C2)N3C(=O)c2ccc(C)c(C)c2)cn1. The molecule has 0 aliphatic carbocycles. The van der Waals surface area contributed by atoms with Gasteiger partial charge in [-0.3, -0.25) is 14.6 Å². The highest BCUT2D eigenvalue weighted by Crippen LogP contribution is 2.37. The van der Waals surface area contributed by atoms with Crippen molar-refractivity contribution in [2.75, 3.05) is 0 Å². The van der Waals surface area contributed by atoms with E-state index in [9.17, 15) is 9.59 Å². The van der Waals surface area contributed by atoms with E-state index in [1.165, 1.54) is 11.8 Å². The number of benzene rings is 1. The molecule has 146 valence electrons. The summed E-state index contributed by atoms with van der Waals surface area (Å²) in [5.74, 6) is -0.0735. The molecule has 0 saturated carbocycles. The predicted molar refractivity (Wildman–Crippen MR) is 106 cm³/mol. The van der Waals surface area contributed by atoms with Crippen LogP contribution in [0.1, 0.15) is 63.4 Å². The van der Waals surface area contributed by atoms with Crippen LogP contribution in [0.2, 0.25) is 0 Å². The molecule has 3 heterocycles. The maximum absolute atomic E-state index is 13.1. The van der Waals surface area contributed by atoms with E-state index < -0.39 is 0 Å². The molecule has 28 heavy (non-hydrogen) atoms. The fourth-order valence-corrected chi connectivity index (χ4v) is 4.42. The number of fused-ring (bicyclic) bond motifs is 2. The van der Waals surface area contributed by atoms with E-state index >= 15 is 0 Å². The second-order valence-corrected chi connectivity index (χ2v) is 8.08. The topological polar surface area (TPSA) is 75.2 Å². The fraction of sp³-hybridized carbons (Fsp3) is 0.455. The van der Waals surface area contributed by atoms with Crippen molar-refractivity contribution >= 4 is 11.8 Å². The Morgan fingerprint density at radius 2 is 1.71 bits per heavy atom. The first-order chi connectivity index (χ1) is 13.4. The van der Waals surface area contributed by atoms with Gasteiger partial charge in [0.15, 0.2) is 0 Å². The molecule has 1 aromatic carbocycles. The zero-order valence-corrected chi connectivity index (χ0v) is 16.6. The number of carbonyl (C=O) groups is 2. The highest BCUT2D eigenvalue weighted by atomic mass is 16.2. The van der Waals surface area contributed by atoms with Gasteiger partial charge in [0.25, 0.3) is 11.8 Å². The van der Waals surface area contributed by atoms with Gasteiger partial charge in [0.1, 0.15) is 5.69 Å². The number of aromatic nitrogens is 2. The standard InChI is InChI=1S/C22H26N4O2/c1-13-4-5-16(8-14(13)2)22(28)26-18-6-7-19(26)10-17(9-18)25-21(27)20-12-23-15(3)11-24-20/h4-5,8,11-12,17-19H,6-7,9-10H2,1-3H3,(H,25,27). The Bertz CT molecular complexity index is 895. The summed E-state index contributed by atoms with van der Waals surface area (Å²) in [7, 11) is 0. The molecular weight excluding hydrogens is 352 g/mol. The first-order valence-electron chi connectivity index (χ1n) is 9.92. The van der Waals surface area contributed by atoms with Crippen molar-refractivity contribution < 1.29 is 9.59 Å². The van der Waals surface area contributed by atoms with E-state index in [1.54, 1.807) is 6.20 Å². The first kappa shape index (κ1) is 18.6. The van der Waals surface area contributed by atoms with Crippen molar-refractivity contribution in [2.24, 2.45) is 0 Å². The van der Waals surface area contributed by atoms with Crippen LogP contribution in [0, 0.1) is 20.8 Å². The number of nitrogens with one attached hydrogen (secondary N) is 1. The summed E-state index contributed by atoms with van der Waals surface area (Å²) in [6.45, 7) is 5.94. The molecule has 6 nitrogen and oxygen atoms in total. The van der Waals surface area contributed by atoms with Gasteiger partial charge >= 0.3 is 0 Å². The van der Waals surface area contributed by atoms with Crippen LogP contribution in [-0.4, -0.2) is 44.8 Å². The maximum atomic E-state index is 13.1. The van der Waals surface area contributed by atoms with Gasteiger partial charge in [0, 0.05) is 29.9 Å². The third-order valence-electron chi connectivity index (χ3n) is 6.07. The van der Waals surface area contributed by atoms with E-state index in [1.807, 2.05) is 32.0 Å². The van der Waals surface area contributed by atoms with Crippen LogP contribution in [0.4, 0.5) is 0 Å². The van der Waals surface area contributed by atoms with Crippen LogP contribution >= 0.6 is 0 Å². The second-order valence-electron chi connectivity index (χ2n) is 8.08. The van der Waals surface area contributed by atoms with Gasteiger partial charge < -0.3 is 10.2 Å². The fourth-order valence-electron chi connectivity index (χ4n) is 4.42. The number of hydrogen-bond acceptors (Lipinski definition) is 4. The Kier molecular flexibility index (Phi) is 4.87. The lowest BCUT2D eigenvalue weighted by Crippen LogP contribution is -2.52. The Morgan fingerprint density at radius 3 is 2.32 bits per heavy atom. The van der Waals surface area contributed by atoms with Crippen LogP contribution in [0.3, 0.4) is 0 Å². The molecule has 2 unspecified atom stereocenters. The minimum absolute atomic E-state index is 0.0666. The quantitative estimate of drug-likeness (QED) is 0.891.